The van der Waals surface area contributed by atoms with Crippen LogP contribution in [-0.2, 0) is 11.2 Å². The first-order valence-corrected chi connectivity index (χ1v) is 6.41. The highest BCUT2D eigenvalue weighted by Gasteiger charge is 2.17. The minimum atomic E-state index is -0.894. The summed E-state index contributed by atoms with van der Waals surface area (Å²) in [7, 11) is 0. The molecule has 0 bridgehead atoms. The summed E-state index contributed by atoms with van der Waals surface area (Å²) in [5, 5.41) is 13.6. The van der Waals surface area contributed by atoms with Gasteiger partial charge in [0.05, 0.1) is 18.2 Å². The summed E-state index contributed by atoms with van der Waals surface area (Å²) in [5.41, 5.74) is 0.765. The maximum absolute atomic E-state index is 11.4. The molecule has 1 aliphatic carbocycles. The maximum atomic E-state index is 11.4. The van der Waals surface area contributed by atoms with E-state index in [1.54, 1.807) is 0 Å². The molecule has 1 fully saturated rings. The van der Waals surface area contributed by atoms with Gasteiger partial charge in [0.1, 0.15) is 6.10 Å². The molecule has 0 spiro atoms. The molecule has 0 amide bonds. The third-order valence-corrected chi connectivity index (χ3v) is 3.43. The van der Waals surface area contributed by atoms with Crippen LogP contribution in [0.4, 0.5) is 0 Å². The first-order valence-electron chi connectivity index (χ1n) is 6.41. The van der Waals surface area contributed by atoms with Gasteiger partial charge in [0.2, 0.25) is 0 Å². The number of hydrogen-bond acceptors (Lipinski definition) is 3. The van der Waals surface area contributed by atoms with Crippen molar-refractivity contribution >= 4 is 5.78 Å². The molecule has 4 heteroatoms. The molecule has 0 aliphatic heterocycles. The fourth-order valence-corrected chi connectivity index (χ4v) is 2.35. The molecule has 1 aromatic rings. The molecule has 1 unspecified atom stereocenters. The van der Waals surface area contributed by atoms with Crippen molar-refractivity contribution in [2.24, 2.45) is 0 Å². The van der Waals surface area contributed by atoms with Gasteiger partial charge in [0.15, 0.2) is 5.78 Å². The van der Waals surface area contributed by atoms with Crippen LogP contribution < -0.4 is 0 Å². The lowest BCUT2D eigenvalue weighted by molar-refractivity contribution is -0.125. The van der Waals surface area contributed by atoms with Crippen LogP contribution in [-0.4, -0.2) is 26.8 Å². The minimum Gasteiger partial charge on any atom is -0.386 e. The Morgan fingerprint density at radius 1 is 1.53 bits per heavy atom. The Bertz CT molecular complexity index is 379. The summed E-state index contributed by atoms with van der Waals surface area (Å²) < 4.78 is 1.99. The number of carbonyl (C=O) groups excluding carboxylic acids is 1. The van der Waals surface area contributed by atoms with Crippen LogP contribution in [0.3, 0.4) is 0 Å². The SMILES string of the molecule is CC(O)C(=O)Cc1ccn(C2CCCCC2)n1. The number of rotatable bonds is 4. The van der Waals surface area contributed by atoms with Gasteiger partial charge in [-0.1, -0.05) is 19.3 Å². The molecule has 0 aromatic carbocycles. The number of nitrogens with zero attached hydrogens (tertiary/aromatic N) is 2. The van der Waals surface area contributed by atoms with Crippen LogP contribution in [0.25, 0.3) is 0 Å². The average Bonchev–Trinajstić information content (AvgIpc) is 2.78. The van der Waals surface area contributed by atoms with E-state index in [0.29, 0.717) is 6.04 Å². The number of aliphatic hydroxyl groups excluding tert-OH is 1. The number of hydrogen-bond donors (Lipinski definition) is 1. The molecule has 0 radical (unpaired) electrons. The van der Waals surface area contributed by atoms with E-state index in [0.717, 1.165) is 5.69 Å². The second kappa shape index (κ2) is 5.45. The van der Waals surface area contributed by atoms with E-state index in [4.69, 9.17) is 5.11 Å². The lowest BCUT2D eigenvalue weighted by Gasteiger charge is -2.21. The summed E-state index contributed by atoms with van der Waals surface area (Å²) >= 11 is 0. The van der Waals surface area contributed by atoms with Crippen molar-refractivity contribution in [1.29, 1.82) is 0 Å². The highest BCUT2D eigenvalue weighted by molar-refractivity contribution is 5.84. The van der Waals surface area contributed by atoms with Crippen LogP contribution in [0.1, 0.15) is 50.8 Å². The van der Waals surface area contributed by atoms with Gasteiger partial charge in [-0.2, -0.15) is 5.10 Å². The van der Waals surface area contributed by atoms with Crippen molar-refractivity contribution in [3.63, 3.8) is 0 Å². The number of carbonyl (C=O) groups is 1. The van der Waals surface area contributed by atoms with Crippen molar-refractivity contribution in [2.75, 3.05) is 0 Å². The monoisotopic (exact) mass is 236 g/mol. The average molecular weight is 236 g/mol. The van der Waals surface area contributed by atoms with Gasteiger partial charge >= 0.3 is 0 Å². The zero-order valence-corrected chi connectivity index (χ0v) is 10.3. The third-order valence-electron chi connectivity index (χ3n) is 3.43. The van der Waals surface area contributed by atoms with E-state index in [1.165, 1.54) is 39.0 Å². The highest BCUT2D eigenvalue weighted by atomic mass is 16.3. The zero-order chi connectivity index (χ0) is 12.3. The predicted octanol–water partition coefficient (Wildman–Crippen LogP) is 1.88. The van der Waals surface area contributed by atoms with E-state index >= 15 is 0 Å². The van der Waals surface area contributed by atoms with Gasteiger partial charge in [-0.3, -0.25) is 9.48 Å². The molecule has 2 rings (SSSR count). The number of aliphatic hydroxyl groups is 1. The maximum Gasteiger partial charge on any atom is 0.166 e. The van der Waals surface area contributed by atoms with Crippen LogP contribution >= 0.6 is 0 Å². The lowest BCUT2D eigenvalue weighted by atomic mass is 9.96. The van der Waals surface area contributed by atoms with E-state index in [9.17, 15) is 4.79 Å². The summed E-state index contributed by atoms with van der Waals surface area (Å²) in [6.45, 7) is 1.50. The van der Waals surface area contributed by atoms with Gasteiger partial charge in [-0.15, -0.1) is 0 Å². The molecule has 1 heterocycles. The fraction of sp³-hybridized carbons (Fsp3) is 0.692. The smallest absolute Gasteiger partial charge is 0.166 e. The molecule has 1 aromatic heterocycles. The summed E-state index contributed by atoms with van der Waals surface area (Å²) in [5.74, 6) is -0.168. The molecular weight excluding hydrogens is 216 g/mol. The van der Waals surface area contributed by atoms with Gasteiger partial charge in [0, 0.05) is 6.20 Å². The van der Waals surface area contributed by atoms with Crippen molar-refractivity contribution < 1.29 is 9.90 Å². The van der Waals surface area contributed by atoms with E-state index in [2.05, 4.69) is 5.10 Å². The molecule has 1 aliphatic rings. The number of aromatic nitrogens is 2. The Kier molecular flexibility index (Phi) is 3.94. The molecule has 94 valence electrons. The first kappa shape index (κ1) is 12.3. The second-order valence-electron chi connectivity index (χ2n) is 4.90. The van der Waals surface area contributed by atoms with E-state index in [1.807, 2.05) is 16.9 Å². The number of ketones is 1. The molecule has 1 N–H and O–H groups in total. The lowest BCUT2D eigenvalue weighted by Crippen LogP contribution is -2.19. The van der Waals surface area contributed by atoms with Gasteiger partial charge in [-0.25, -0.2) is 0 Å². The van der Waals surface area contributed by atoms with Crippen LogP contribution in [0.15, 0.2) is 12.3 Å². The van der Waals surface area contributed by atoms with Crippen LogP contribution in [0.5, 0.6) is 0 Å². The standard InChI is InChI=1S/C13H20N2O2/c1-10(16)13(17)9-11-7-8-15(14-11)12-5-3-2-4-6-12/h7-8,10,12,16H,2-6,9H2,1H3. The Morgan fingerprint density at radius 3 is 2.88 bits per heavy atom. The van der Waals surface area contributed by atoms with Crippen molar-refractivity contribution in [3.05, 3.63) is 18.0 Å². The topological polar surface area (TPSA) is 55.1 Å². The van der Waals surface area contributed by atoms with Gasteiger partial charge in [0.25, 0.3) is 0 Å². The third kappa shape index (κ3) is 3.16. The zero-order valence-electron chi connectivity index (χ0n) is 10.3. The molecule has 1 atom stereocenters. The summed E-state index contributed by atoms with van der Waals surface area (Å²) in [6.07, 6.45) is 7.54. The van der Waals surface area contributed by atoms with Gasteiger partial charge < -0.3 is 5.11 Å². The van der Waals surface area contributed by atoms with E-state index in [-0.39, 0.29) is 12.2 Å². The minimum absolute atomic E-state index is 0.168. The normalized spacial score (nSPS) is 19.2. The number of Topliss-reactive ketones (excluding diaryl/α,β-unsaturated/α-hetero) is 1. The Morgan fingerprint density at radius 2 is 2.24 bits per heavy atom. The molecule has 0 saturated heterocycles. The van der Waals surface area contributed by atoms with Crippen molar-refractivity contribution in [2.45, 2.75) is 57.6 Å². The summed E-state index contributed by atoms with van der Waals surface area (Å²) in [4.78, 5) is 11.4. The fourth-order valence-electron chi connectivity index (χ4n) is 2.35. The second-order valence-corrected chi connectivity index (χ2v) is 4.90. The van der Waals surface area contributed by atoms with Crippen molar-refractivity contribution in [3.8, 4) is 0 Å². The Hall–Kier alpha value is -1.16. The van der Waals surface area contributed by atoms with Crippen LogP contribution in [0.2, 0.25) is 0 Å². The van der Waals surface area contributed by atoms with Gasteiger partial charge in [-0.05, 0) is 25.8 Å². The van der Waals surface area contributed by atoms with E-state index < -0.39 is 6.10 Å². The quantitative estimate of drug-likeness (QED) is 0.868. The molecule has 17 heavy (non-hydrogen) atoms. The van der Waals surface area contributed by atoms with Crippen molar-refractivity contribution in [1.82, 2.24) is 9.78 Å². The predicted molar refractivity (Wildman–Crippen MR) is 64.7 cm³/mol. The molecule has 4 nitrogen and oxygen atoms in total. The molecular formula is C13H20N2O2. The Balaban J connectivity index is 1.97. The Labute approximate surface area is 102 Å². The first-order chi connectivity index (χ1) is 8.16. The summed E-state index contributed by atoms with van der Waals surface area (Å²) in [6, 6.07) is 2.38. The van der Waals surface area contributed by atoms with Crippen LogP contribution in [0, 0.1) is 0 Å². The highest BCUT2D eigenvalue weighted by Crippen LogP contribution is 2.27. The molecule has 1 saturated carbocycles. The largest absolute Gasteiger partial charge is 0.386 e.